The van der Waals surface area contributed by atoms with Gasteiger partial charge in [-0.05, 0) is 35.7 Å². The Morgan fingerprint density at radius 2 is 1.94 bits per heavy atom. The number of aromatic nitrogens is 3. The van der Waals surface area contributed by atoms with Crippen LogP contribution in [-0.2, 0) is 4.79 Å². The molecule has 0 bridgehead atoms. The third kappa shape index (κ3) is 5.19. The predicted octanol–water partition coefficient (Wildman–Crippen LogP) is 4.25. The second kappa shape index (κ2) is 10.1. The van der Waals surface area contributed by atoms with Gasteiger partial charge < -0.3 is 4.74 Å². The minimum atomic E-state index is -0.219. The Kier molecular flexibility index (Phi) is 6.75. The number of hydrogen-bond donors (Lipinski definition) is 1. The molecule has 0 unspecified atom stereocenters. The maximum Gasteiger partial charge on any atom is 0.250 e. The molecule has 1 amide bonds. The van der Waals surface area contributed by atoms with Gasteiger partial charge >= 0.3 is 0 Å². The van der Waals surface area contributed by atoms with Crippen molar-refractivity contribution in [1.82, 2.24) is 20.2 Å². The molecule has 31 heavy (non-hydrogen) atoms. The zero-order chi connectivity index (χ0) is 21.5. The molecule has 0 aliphatic carbocycles. The van der Waals surface area contributed by atoms with Gasteiger partial charge in [0.15, 0.2) is 11.0 Å². The van der Waals surface area contributed by atoms with Crippen LogP contribution in [0.15, 0.2) is 82.4 Å². The van der Waals surface area contributed by atoms with Crippen LogP contribution >= 0.6 is 23.1 Å². The highest BCUT2D eigenvalue weighted by Gasteiger charge is 2.17. The fourth-order valence-electron chi connectivity index (χ4n) is 2.80. The van der Waals surface area contributed by atoms with Crippen LogP contribution in [0.1, 0.15) is 4.88 Å². The Labute approximate surface area is 187 Å². The Hall–Kier alpha value is -3.43. The van der Waals surface area contributed by atoms with Gasteiger partial charge in [-0.3, -0.25) is 9.36 Å². The number of nitrogens with zero attached hydrogens (tertiary/aromatic N) is 4. The molecule has 0 aliphatic rings. The molecule has 0 spiro atoms. The summed E-state index contributed by atoms with van der Waals surface area (Å²) in [4.78, 5) is 13.2. The molecular formula is C22H19N5O2S2. The van der Waals surface area contributed by atoms with Crippen molar-refractivity contribution in [3.8, 4) is 22.8 Å². The molecule has 4 rings (SSSR count). The summed E-state index contributed by atoms with van der Waals surface area (Å²) in [5.41, 5.74) is 4.36. The topological polar surface area (TPSA) is 81.4 Å². The maximum absolute atomic E-state index is 12.2. The first-order valence-electron chi connectivity index (χ1n) is 9.38. The number of carbonyl (C=O) groups excluding carboxylic acids is 1. The number of hydrogen-bond acceptors (Lipinski definition) is 7. The Morgan fingerprint density at radius 1 is 1.13 bits per heavy atom. The second-order valence-electron chi connectivity index (χ2n) is 6.30. The van der Waals surface area contributed by atoms with Crippen LogP contribution in [0.3, 0.4) is 0 Å². The summed E-state index contributed by atoms with van der Waals surface area (Å²) >= 11 is 2.85. The van der Waals surface area contributed by atoms with Gasteiger partial charge in [0.05, 0.1) is 19.1 Å². The highest BCUT2D eigenvalue weighted by Crippen LogP contribution is 2.28. The van der Waals surface area contributed by atoms with Crippen molar-refractivity contribution in [2.24, 2.45) is 5.10 Å². The summed E-state index contributed by atoms with van der Waals surface area (Å²) in [5.74, 6) is 1.40. The van der Waals surface area contributed by atoms with Crippen LogP contribution in [-0.4, -0.2) is 39.7 Å². The quantitative estimate of drug-likeness (QED) is 0.247. The van der Waals surface area contributed by atoms with Crippen LogP contribution in [0, 0.1) is 0 Å². The molecule has 0 radical (unpaired) electrons. The van der Waals surface area contributed by atoms with Crippen molar-refractivity contribution in [3.63, 3.8) is 0 Å². The van der Waals surface area contributed by atoms with Gasteiger partial charge in [-0.15, -0.1) is 21.5 Å². The second-order valence-corrected chi connectivity index (χ2v) is 8.22. The number of thiophene rings is 1. The average molecular weight is 450 g/mol. The van der Waals surface area contributed by atoms with E-state index in [2.05, 4.69) is 20.7 Å². The van der Waals surface area contributed by atoms with E-state index in [9.17, 15) is 4.79 Å². The van der Waals surface area contributed by atoms with Crippen molar-refractivity contribution >= 4 is 35.2 Å². The normalized spacial score (nSPS) is 11.0. The molecule has 2 aromatic heterocycles. The number of nitrogens with one attached hydrogen (secondary N) is 1. The van der Waals surface area contributed by atoms with Gasteiger partial charge in [-0.1, -0.05) is 48.2 Å². The first kappa shape index (κ1) is 20.8. The summed E-state index contributed by atoms with van der Waals surface area (Å²) in [6.45, 7) is 0. The number of benzene rings is 2. The molecule has 0 aliphatic heterocycles. The first-order valence-corrected chi connectivity index (χ1v) is 11.2. The fraction of sp³-hybridized carbons (Fsp3) is 0.0909. The van der Waals surface area contributed by atoms with E-state index in [4.69, 9.17) is 4.74 Å². The van der Waals surface area contributed by atoms with Crippen LogP contribution < -0.4 is 10.2 Å². The molecule has 4 aromatic rings. The monoisotopic (exact) mass is 449 g/mol. The first-order chi connectivity index (χ1) is 15.2. The summed E-state index contributed by atoms with van der Waals surface area (Å²) in [7, 11) is 1.63. The Morgan fingerprint density at radius 3 is 2.65 bits per heavy atom. The van der Waals surface area contributed by atoms with Gasteiger partial charge in [-0.25, -0.2) is 5.43 Å². The highest BCUT2D eigenvalue weighted by molar-refractivity contribution is 7.99. The van der Waals surface area contributed by atoms with Gasteiger partial charge in [0, 0.05) is 16.1 Å². The minimum absolute atomic E-state index is 0.158. The number of hydrazone groups is 1. The molecule has 0 atom stereocenters. The summed E-state index contributed by atoms with van der Waals surface area (Å²) < 4.78 is 7.20. The van der Waals surface area contributed by atoms with E-state index in [1.165, 1.54) is 11.8 Å². The van der Waals surface area contributed by atoms with Crippen LogP contribution in [0.4, 0.5) is 0 Å². The van der Waals surface area contributed by atoms with E-state index in [0.29, 0.717) is 11.0 Å². The fourth-order valence-corrected chi connectivity index (χ4v) is 4.13. The van der Waals surface area contributed by atoms with Crippen LogP contribution in [0.2, 0.25) is 0 Å². The molecule has 2 aromatic carbocycles. The molecule has 0 saturated heterocycles. The Balaban J connectivity index is 1.54. The third-order valence-corrected chi connectivity index (χ3v) is 5.99. The standard InChI is InChI=1S/C22H19N5O2S2/c1-29-18-11-9-17(10-12-18)27-21(16-6-3-2-4-7-16)25-26-22(27)31-15-20(28)24-23-14-19-8-5-13-30-19/h2-14H,15H2,1H3,(H,24,28). The number of rotatable bonds is 8. The van der Waals surface area contributed by atoms with E-state index in [0.717, 1.165) is 21.9 Å². The van der Waals surface area contributed by atoms with Crippen molar-refractivity contribution < 1.29 is 9.53 Å². The number of carbonyl (C=O) groups is 1. The van der Waals surface area contributed by atoms with Crippen molar-refractivity contribution in [2.45, 2.75) is 5.16 Å². The van der Waals surface area contributed by atoms with Crippen molar-refractivity contribution in [2.75, 3.05) is 12.9 Å². The molecule has 156 valence electrons. The largest absolute Gasteiger partial charge is 0.497 e. The van der Waals surface area contributed by atoms with E-state index in [1.54, 1.807) is 24.7 Å². The molecule has 0 saturated carbocycles. The van der Waals surface area contributed by atoms with Crippen LogP contribution in [0.25, 0.3) is 17.1 Å². The van der Waals surface area contributed by atoms with E-state index in [-0.39, 0.29) is 11.7 Å². The summed E-state index contributed by atoms with van der Waals surface area (Å²) in [6.07, 6.45) is 1.63. The van der Waals surface area contributed by atoms with Gasteiger partial charge in [0.25, 0.3) is 5.91 Å². The number of ether oxygens (including phenoxy) is 1. The SMILES string of the molecule is COc1ccc(-n2c(SCC(=O)NN=Cc3cccs3)nnc2-c2ccccc2)cc1. The van der Waals surface area contributed by atoms with Crippen molar-refractivity contribution in [1.29, 1.82) is 0 Å². The lowest BCUT2D eigenvalue weighted by Crippen LogP contribution is -2.19. The lowest BCUT2D eigenvalue weighted by molar-refractivity contribution is -0.118. The summed E-state index contributed by atoms with van der Waals surface area (Å²) in [5, 5.41) is 15.3. The van der Waals surface area contributed by atoms with E-state index >= 15 is 0 Å². The van der Waals surface area contributed by atoms with E-state index in [1.807, 2.05) is 76.7 Å². The smallest absolute Gasteiger partial charge is 0.250 e. The predicted molar refractivity (Wildman–Crippen MR) is 124 cm³/mol. The van der Waals surface area contributed by atoms with Gasteiger partial charge in [0.2, 0.25) is 0 Å². The molecule has 0 fully saturated rings. The summed E-state index contributed by atoms with van der Waals surface area (Å²) in [6, 6.07) is 21.3. The van der Waals surface area contributed by atoms with E-state index < -0.39 is 0 Å². The number of amides is 1. The average Bonchev–Trinajstić information content (AvgIpc) is 3.48. The Bertz CT molecular complexity index is 1160. The molecule has 1 N–H and O–H groups in total. The van der Waals surface area contributed by atoms with Crippen molar-refractivity contribution in [3.05, 3.63) is 77.0 Å². The number of thioether (sulfide) groups is 1. The maximum atomic E-state index is 12.2. The third-order valence-electron chi connectivity index (χ3n) is 4.25. The van der Waals surface area contributed by atoms with Gasteiger partial charge in [0.1, 0.15) is 5.75 Å². The molecule has 9 heteroatoms. The molecule has 7 nitrogen and oxygen atoms in total. The minimum Gasteiger partial charge on any atom is -0.497 e. The lowest BCUT2D eigenvalue weighted by atomic mass is 10.2. The number of methoxy groups -OCH3 is 1. The zero-order valence-electron chi connectivity index (χ0n) is 16.6. The lowest BCUT2D eigenvalue weighted by Gasteiger charge is -2.11. The van der Waals surface area contributed by atoms with Crippen LogP contribution in [0.5, 0.6) is 5.75 Å². The molecular weight excluding hydrogens is 430 g/mol. The highest BCUT2D eigenvalue weighted by atomic mass is 32.2. The molecule has 2 heterocycles. The van der Waals surface area contributed by atoms with Gasteiger partial charge in [-0.2, -0.15) is 5.10 Å². The zero-order valence-corrected chi connectivity index (χ0v) is 18.3.